The van der Waals surface area contributed by atoms with E-state index < -0.39 is 9.84 Å². The zero-order chi connectivity index (χ0) is 19.3. The number of sulfone groups is 1. The van der Waals surface area contributed by atoms with Crippen LogP contribution in [0.15, 0.2) is 53.4 Å². The first-order valence-corrected chi connectivity index (χ1v) is 10.4. The quantitative estimate of drug-likeness (QED) is 0.745. The lowest BCUT2D eigenvalue weighted by Gasteiger charge is -2.25. The van der Waals surface area contributed by atoms with Gasteiger partial charge in [-0.15, -0.1) is 0 Å². The van der Waals surface area contributed by atoms with E-state index >= 15 is 0 Å². The van der Waals surface area contributed by atoms with E-state index in [1.165, 1.54) is 6.26 Å². The van der Waals surface area contributed by atoms with Crippen LogP contribution in [0.25, 0.3) is 0 Å². The highest BCUT2D eigenvalue weighted by Gasteiger charge is 2.19. The third kappa shape index (κ3) is 4.85. The van der Waals surface area contributed by atoms with Gasteiger partial charge in [-0.2, -0.15) is 0 Å². The molecule has 0 aliphatic carbocycles. The molecule has 0 aliphatic heterocycles. The minimum absolute atomic E-state index is 0.0424. The van der Waals surface area contributed by atoms with Crippen molar-refractivity contribution in [3.63, 3.8) is 0 Å². The van der Waals surface area contributed by atoms with Crippen molar-refractivity contribution in [3.05, 3.63) is 59.7 Å². The second kappa shape index (κ2) is 8.36. The van der Waals surface area contributed by atoms with Gasteiger partial charge in [0.2, 0.25) is 0 Å². The molecule has 140 valence electrons. The van der Waals surface area contributed by atoms with Crippen molar-refractivity contribution >= 4 is 15.7 Å². The summed E-state index contributed by atoms with van der Waals surface area (Å²) in [6, 6.07) is 14.1. The maximum atomic E-state index is 12.5. The molecule has 2 aromatic carbocycles. The summed E-state index contributed by atoms with van der Waals surface area (Å²) in [6.07, 6.45) is 2.01. The van der Waals surface area contributed by atoms with Gasteiger partial charge in [0.1, 0.15) is 5.75 Å². The molecule has 26 heavy (non-hydrogen) atoms. The molecule has 0 saturated carbocycles. The normalized spacial score (nSPS) is 12.5. The first kappa shape index (κ1) is 20.0. The minimum atomic E-state index is -3.23. The highest BCUT2D eigenvalue weighted by Crippen LogP contribution is 2.22. The lowest BCUT2D eigenvalue weighted by Crippen LogP contribution is -2.33. The number of rotatable bonds is 7. The molecular weight excluding hydrogens is 350 g/mol. The van der Waals surface area contributed by atoms with Crippen LogP contribution in [0.1, 0.15) is 31.0 Å². The number of ether oxygens (including phenoxy) is 1. The minimum Gasteiger partial charge on any atom is -0.483 e. The Morgan fingerprint density at radius 2 is 1.73 bits per heavy atom. The van der Waals surface area contributed by atoms with Crippen molar-refractivity contribution in [2.45, 2.75) is 31.2 Å². The highest BCUT2D eigenvalue weighted by atomic mass is 32.2. The fourth-order valence-corrected chi connectivity index (χ4v) is 3.24. The molecule has 2 rings (SSSR count). The Balaban J connectivity index is 2.03. The van der Waals surface area contributed by atoms with E-state index in [4.69, 9.17) is 4.74 Å². The average molecular weight is 375 g/mol. The smallest absolute Gasteiger partial charge is 0.260 e. The fraction of sp³-hybridized carbons (Fsp3) is 0.350. The van der Waals surface area contributed by atoms with Gasteiger partial charge in [-0.25, -0.2) is 8.42 Å². The van der Waals surface area contributed by atoms with Gasteiger partial charge < -0.3 is 9.64 Å². The van der Waals surface area contributed by atoms with E-state index in [0.717, 1.165) is 23.3 Å². The topological polar surface area (TPSA) is 63.7 Å². The van der Waals surface area contributed by atoms with Gasteiger partial charge in [-0.1, -0.05) is 37.3 Å². The molecule has 0 saturated heterocycles. The number of aryl methyl sites for hydroxylation is 1. The molecule has 1 atom stereocenters. The van der Waals surface area contributed by atoms with Gasteiger partial charge >= 0.3 is 0 Å². The van der Waals surface area contributed by atoms with Gasteiger partial charge in [0.25, 0.3) is 5.91 Å². The van der Waals surface area contributed by atoms with Crippen molar-refractivity contribution in [1.82, 2.24) is 4.90 Å². The zero-order valence-electron chi connectivity index (χ0n) is 15.6. The number of likely N-dealkylation sites (N-methyl/N-ethyl adjacent to an activating group) is 1. The summed E-state index contributed by atoms with van der Waals surface area (Å²) in [4.78, 5) is 14.3. The van der Waals surface area contributed by atoms with Gasteiger partial charge in [-0.05, 0) is 42.7 Å². The molecule has 0 aliphatic rings. The largest absolute Gasteiger partial charge is 0.483 e. The Bertz CT molecular complexity index is 860. The van der Waals surface area contributed by atoms with Crippen molar-refractivity contribution < 1.29 is 17.9 Å². The van der Waals surface area contributed by atoms with Crippen molar-refractivity contribution in [3.8, 4) is 5.75 Å². The average Bonchev–Trinajstić information content (AvgIpc) is 2.64. The molecule has 0 radical (unpaired) electrons. The summed E-state index contributed by atoms with van der Waals surface area (Å²) in [5.41, 5.74) is 1.93. The van der Waals surface area contributed by atoms with Crippen molar-refractivity contribution in [1.29, 1.82) is 0 Å². The molecule has 0 fully saturated rings. The van der Waals surface area contributed by atoms with E-state index in [2.05, 4.69) is 0 Å². The van der Waals surface area contributed by atoms with E-state index in [-0.39, 0.29) is 23.5 Å². The zero-order valence-corrected chi connectivity index (χ0v) is 16.4. The van der Waals surface area contributed by atoms with Gasteiger partial charge in [-0.3, -0.25) is 4.79 Å². The van der Waals surface area contributed by atoms with E-state index in [1.807, 2.05) is 38.1 Å². The Hall–Kier alpha value is -2.34. The standard InChI is InChI=1S/C20H25NO4S/c1-5-16-8-6-7-9-19(16)25-14-20(22)21(3)15(2)17-10-12-18(13-11-17)26(4,23)24/h6-13,15H,5,14H2,1-4H3. The number of hydrogen-bond acceptors (Lipinski definition) is 4. The first-order valence-electron chi connectivity index (χ1n) is 8.50. The molecule has 1 unspecified atom stereocenters. The Morgan fingerprint density at radius 1 is 1.12 bits per heavy atom. The Morgan fingerprint density at radius 3 is 2.31 bits per heavy atom. The second-order valence-corrected chi connectivity index (χ2v) is 8.29. The molecule has 5 nitrogen and oxygen atoms in total. The van der Waals surface area contributed by atoms with Crippen LogP contribution in [-0.4, -0.2) is 39.1 Å². The fourth-order valence-electron chi connectivity index (χ4n) is 2.61. The summed E-state index contributed by atoms with van der Waals surface area (Å²) in [5.74, 6) is 0.581. The molecule has 0 spiro atoms. The lowest BCUT2D eigenvalue weighted by molar-refractivity contribution is -0.134. The number of carbonyl (C=O) groups excluding carboxylic acids is 1. The van der Waals surface area contributed by atoms with Crippen LogP contribution in [0.3, 0.4) is 0 Å². The van der Waals surface area contributed by atoms with Crippen LogP contribution in [-0.2, 0) is 21.1 Å². The van der Waals surface area contributed by atoms with Crippen molar-refractivity contribution in [2.75, 3.05) is 19.9 Å². The van der Waals surface area contributed by atoms with E-state index in [9.17, 15) is 13.2 Å². The molecule has 0 heterocycles. The van der Waals surface area contributed by atoms with Gasteiger partial charge in [0.05, 0.1) is 10.9 Å². The first-order chi connectivity index (χ1) is 12.2. The lowest BCUT2D eigenvalue weighted by atomic mass is 10.1. The summed E-state index contributed by atoms with van der Waals surface area (Å²) < 4.78 is 28.8. The Labute approximate surface area is 155 Å². The maximum Gasteiger partial charge on any atom is 0.260 e. The molecule has 1 amide bonds. The van der Waals surface area contributed by atoms with Crippen LogP contribution < -0.4 is 4.74 Å². The van der Waals surface area contributed by atoms with Crippen molar-refractivity contribution in [2.24, 2.45) is 0 Å². The number of para-hydroxylation sites is 1. The predicted molar refractivity (Wildman–Crippen MR) is 102 cm³/mol. The number of carbonyl (C=O) groups is 1. The number of nitrogens with zero attached hydrogens (tertiary/aromatic N) is 1. The molecule has 0 bridgehead atoms. The predicted octanol–water partition coefficient (Wildman–Crippen LogP) is 3.25. The van der Waals surface area contributed by atoms with Gasteiger partial charge in [0.15, 0.2) is 16.4 Å². The molecule has 0 aromatic heterocycles. The third-order valence-electron chi connectivity index (χ3n) is 4.47. The molecule has 6 heteroatoms. The summed E-state index contributed by atoms with van der Waals surface area (Å²) >= 11 is 0. The van der Waals surface area contributed by atoms with E-state index in [0.29, 0.717) is 0 Å². The van der Waals surface area contributed by atoms with Crippen LogP contribution in [0.2, 0.25) is 0 Å². The summed E-state index contributed by atoms with van der Waals surface area (Å²) in [7, 11) is -1.51. The molecule has 0 N–H and O–H groups in total. The third-order valence-corrected chi connectivity index (χ3v) is 5.60. The number of amides is 1. The van der Waals surface area contributed by atoms with E-state index in [1.54, 1.807) is 36.2 Å². The van der Waals surface area contributed by atoms with Crippen LogP contribution in [0.4, 0.5) is 0 Å². The van der Waals surface area contributed by atoms with Crippen LogP contribution in [0, 0.1) is 0 Å². The van der Waals surface area contributed by atoms with Crippen LogP contribution >= 0.6 is 0 Å². The molecular formula is C20H25NO4S. The Kier molecular flexibility index (Phi) is 6.42. The number of hydrogen-bond donors (Lipinski definition) is 0. The van der Waals surface area contributed by atoms with Gasteiger partial charge in [0, 0.05) is 13.3 Å². The van der Waals surface area contributed by atoms with Crippen LogP contribution in [0.5, 0.6) is 5.75 Å². The molecule has 2 aromatic rings. The maximum absolute atomic E-state index is 12.5. The SMILES string of the molecule is CCc1ccccc1OCC(=O)N(C)C(C)c1ccc(S(C)(=O)=O)cc1. The summed E-state index contributed by atoms with van der Waals surface area (Å²) in [6.45, 7) is 3.89. The monoisotopic (exact) mass is 375 g/mol. The second-order valence-electron chi connectivity index (χ2n) is 6.27. The highest BCUT2D eigenvalue weighted by molar-refractivity contribution is 7.90. The number of benzene rings is 2. The summed E-state index contributed by atoms with van der Waals surface area (Å²) in [5, 5.41) is 0.